The van der Waals surface area contributed by atoms with Gasteiger partial charge in [0.25, 0.3) is 0 Å². The summed E-state index contributed by atoms with van der Waals surface area (Å²) in [5.41, 5.74) is 3.40. The Labute approximate surface area is 199 Å². The molecule has 0 saturated heterocycles. The van der Waals surface area contributed by atoms with Gasteiger partial charge in [0.05, 0.1) is 22.9 Å². The van der Waals surface area contributed by atoms with Crippen LogP contribution in [0.2, 0.25) is 0 Å². The smallest absolute Gasteiger partial charge is 0.196 e. The monoisotopic (exact) mass is 474 g/mol. The Hall–Kier alpha value is -3.36. The minimum absolute atomic E-state index is 0.0576. The summed E-state index contributed by atoms with van der Waals surface area (Å²) >= 11 is 2.99. The summed E-state index contributed by atoms with van der Waals surface area (Å²) in [4.78, 5) is 17.8. The number of aromatic amines is 1. The zero-order chi connectivity index (χ0) is 22.9. The van der Waals surface area contributed by atoms with E-state index in [-0.39, 0.29) is 11.0 Å². The number of rotatable bonds is 7. The predicted octanol–water partition coefficient (Wildman–Crippen LogP) is 6.16. The highest BCUT2D eigenvalue weighted by molar-refractivity contribution is 8.00. The number of benzene rings is 2. The summed E-state index contributed by atoms with van der Waals surface area (Å²) in [5, 5.41) is 12.2. The van der Waals surface area contributed by atoms with Crippen molar-refractivity contribution in [3.05, 3.63) is 77.3 Å². The number of carbonyl (C=O) groups is 1. The second-order valence-electron chi connectivity index (χ2n) is 7.59. The van der Waals surface area contributed by atoms with Crippen molar-refractivity contribution in [2.24, 2.45) is 0 Å². The van der Waals surface area contributed by atoms with Gasteiger partial charge >= 0.3 is 0 Å². The number of ether oxygens (including phenoxy) is 1. The Morgan fingerprint density at radius 2 is 1.88 bits per heavy atom. The molecular formula is C25H22N4O2S2. The number of thiophene rings is 1. The third-order valence-electron chi connectivity index (χ3n) is 5.49. The molecule has 1 atom stereocenters. The zero-order valence-electron chi connectivity index (χ0n) is 18.4. The molecule has 166 valence electrons. The van der Waals surface area contributed by atoms with Crippen LogP contribution >= 0.6 is 23.1 Å². The minimum Gasteiger partial charge on any atom is -0.495 e. The summed E-state index contributed by atoms with van der Waals surface area (Å²) in [5.74, 6) is 1.49. The van der Waals surface area contributed by atoms with E-state index in [1.165, 1.54) is 11.8 Å². The van der Waals surface area contributed by atoms with Gasteiger partial charge in [0.15, 0.2) is 16.8 Å². The number of para-hydroxylation sites is 3. The Morgan fingerprint density at radius 3 is 2.67 bits per heavy atom. The van der Waals surface area contributed by atoms with Crippen LogP contribution in [0.1, 0.15) is 23.0 Å². The number of H-pyrrole nitrogens is 1. The Balaban J connectivity index is 1.56. The van der Waals surface area contributed by atoms with Gasteiger partial charge in [-0.25, -0.2) is 0 Å². The first-order chi connectivity index (χ1) is 16.1. The van der Waals surface area contributed by atoms with Crippen molar-refractivity contribution in [2.75, 3.05) is 7.11 Å². The van der Waals surface area contributed by atoms with E-state index in [1.54, 1.807) is 18.4 Å². The number of ketones is 1. The fourth-order valence-corrected chi connectivity index (χ4v) is 5.57. The third-order valence-corrected chi connectivity index (χ3v) is 7.40. The van der Waals surface area contributed by atoms with Gasteiger partial charge in [0, 0.05) is 22.2 Å². The van der Waals surface area contributed by atoms with Gasteiger partial charge in [-0.2, -0.15) is 0 Å². The maximum absolute atomic E-state index is 13.5. The number of carbonyl (C=O) groups excluding carboxylic acids is 1. The van der Waals surface area contributed by atoms with E-state index in [4.69, 9.17) is 4.74 Å². The van der Waals surface area contributed by atoms with E-state index in [2.05, 4.69) is 15.2 Å². The summed E-state index contributed by atoms with van der Waals surface area (Å²) in [6.07, 6.45) is 0. The zero-order valence-corrected chi connectivity index (χ0v) is 20.0. The molecule has 33 heavy (non-hydrogen) atoms. The van der Waals surface area contributed by atoms with Crippen LogP contribution in [0.4, 0.5) is 0 Å². The maximum atomic E-state index is 13.5. The number of nitrogens with zero attached hydrogens (tertiary/aromatic N) is 3. The van der Waals surface area contributed by atoms with Gasteiger partial charge in [-0.05, 0) is 43.5 Å². The van der Waals surface area contributed by atoms with Gasteiger partial charge < -0.3 is 9.72 Å². The lowest BCUT2D eigenvalue weighted by atomic mass is 10.1. The molecule has 0 fully saturated rings. The highest BCUT2D eigenvalue weighted by atomic mass is 32.2. The van der Waals surface area contributed by atoms with Crippen molar-refractivity contribution in [1.82, 2.24) is 19.7 Å². The number of methoxy groups -OCH3 is 1. The third kappa shape index (κ3) is 3.85. The Morgan fingerprint density at radius 1 is 1.09 bits per heavy atom. The SMILES string of the molecule is COc1ccccc1-n1c(SC(C)C(=O)c2c(C)[nH]c3ccccc23)nnc1-c1cccs1. The molecule has 3 heterocycles. The van der Waals surface area contributed by atoms with Gasteiger partial charge in [-0.1, -0.05) is 48.2 Å². The van der Waals surface area contributed by atoms with Crippen LogP contribution in [-0.4, -0.2) is 37.9 Å². The van der Waals surface area contributed by atoms with Crippen molar-refractivity contribution in [3.63, 3.8) is 0 Å². The van der Waals surface area contributed by atoms with E-state index in [0.717, 1.165) is 38.5 Å². The molecule has 6 nitrogen and oxygen atoms in total. The molecule has 0 bridgehead atoms. The first kappa shape index (κ1) is 21.5. The fourth-order valence-electron chi connectivity index (χ4n) is 3.95. The lowest BCUT2D eigenvalue weighted by molar-refractivity contribution is 0.0995. The van der Waals surface area contributed by atoms with Crippen molar-refractivity contribution in [1.29, 1.82) is 0 Å². The molecule has 5 rings (SSSR count). The van der Waals surface area contributed by atoms with E-state index >= 15 is 0 Å². The highest BCUT2D eigenvalue weighted by Crippen LogP contribution is 2.36. The number of aromatic nitrogens is 4. The van der Waals surface area contributed by atoms with Crippen molar-refractivity contribution < 1.29 is 9.53 Å². The maximum Gasteiger partial charge on any atom is 0.196 e. The number of Topliss-reactive ketones (excluding diaryl/α,β-unsaturated/α-hetero) is 1. The molecule has 1 unspecified atom stereocenters. The summed E-state index contributed by atoms with van der Waals surface area (Å²) in [6, 6.07) is 19.6. The van der Waals surface area contributed by atoms with Crippen LogP contribution in [0, 0.1) is 6.92 Å². The molecule has 0 aliphatic heterocycles. The van der Waals surface area contributed by atoms with Crippen LogP contribution in [0.15, 0.2) is 71.2 Å². The Bertz CT molecular complexity index is 1440. The molecular weight excluding hydrogens is 452 g/mol. The molecule has 2 aromatic carbocycles. The second-order valence-corrected chi connectivity index (χ2v) is 9.84. The van der Waals surface area contributed by atoms with Gasteiger partial charge in [0.2, 0.25) is 0 Å². The number of fused-ring (bicyclic) bond motifs is 1. The van der Waals surface area contributed by atoms with E-state index in [1.807, 2.05) is 84.5 Å². The molecule has 0 aliphatic carbocycles. The molecule has 0 radical (unpaired) electrons. The normalized spacial score (nSPS) is 12.2. The van der Waals surface area contributed by atoms with Crippen molar-refractivity contribution in [3.8, 4) is 22.1 Å². The fraction of sp³-hybridized carbons (Fsp3) is 0.160. The Kier molecular flexibility index (Phi) is 5.78. The minimum atomic E-state index is -0.364. The average Bonchev–Trinajstić information content (AvgIpc) is 3.56. The molecule has 8 heteroatoms. The number of thioether (sulfide) groups is 1. The largest absolute Gasteiger partial charge is 0.495 e. The van der Waals surface area contributed by atoms with Gasteiger partial charge in [0.1, 0.15) is 5.75 Å². The first-order valence-electron chi connectivity index (χ1n) is 10.5. The van der Waals surface area contributed by atoms with Crippen LogP contribution in [0.25, 0.3) is 27.3 Å². The molecule has 3 aromatic heterocycles. The average molecular weight is 475 g/mol. The molecule has 0 amide bonds. The van der Waals surface area contributed by atoms with Gasteiger partial charge in [-0.3, -0.25) is 9.36 Å². The second kappa shape index (κ2) is 8.88. The number of aryl methyl sites for hydroxylation is 1. The molecule has 1 N–H and O–H groups in total. The summed E-state index contributed by atoms with van der Waals surface area (Å²) in [7, 11) is 1.65. The topological polar surface area (TPSA) is 72.8 Å². The summed E-state index contributed by atoms with van der Waals surface area (Å²) < 4.78 is 7.59. The van der Waals surface area contributed by atoms with Crippen LogP contribution in [0.3, 0.4) is 0 Å². The van der Waals surface area contributed by atoms with E-state index < -0.39 is 0 Å². The van der Waals surface area contributed by atoms with Crippen molar-refractivity contribution >= 4 is 39.8 Å². The standard InChI is InChI=1S/C25H22N4O2S2/c1-15-22(17-9-4-5-10-18(17)26-15)23(30)16(2)33-25-28-27-24(21-13-8-14-32-21)29(25)19-11-6-7-12-20(19)31-3/h4-14,16,26H,1-3H3. The predicted molar refractivity (Wildman–Crippen MR) is 134 cm³/mol. The number of hydrogen-bond donors (Lipinski definition) is 1. The molecule has 5 aromatic rings. The van der Waals surface area contributed by atoms with Crippen molar-refractivity contribution in [2.45, 2.75) is 24.3 Å². The molecule has 0 saturated carbocycles. The number of nitrogens with one attached hydrogen (secondary N) is 1. The highest BCUT2D eigenvalue weighted by Gasteiger charge is 2.26. The van der Waals surface area contributed by atoms with Crippen LogP contribution in [-0.2, 0) is 0 Å². The quantitative estimate of drug-likeness (QED) is 0.226. The first-order valence-corrected chi connectivity index (χ1v) is 12.2. The molecule has 0 spiro atoms. The van der Waals surface area contributed by atoms with E-state index in [9.17, 15) is 4.79 Å². The number of hydrogen-bond acceptors (Lipinski definition) is 6. The van der Waals surface area contributed by atoms with E-state index in [0.29, 0.717) is 10.9 Å². The van der Waals surface area contributed by atoms with Crippen LogP contribution in [0.5, 0.6) is 5.75 Å². The van der Waals surface area contributed by atoms with Crippen LogP contribution < -0.4 is 4.74 Å². The lowest BCUT2D eigenvalue weighted by Gasteiger charge is -2.15. The lowest BCUT2D eigenvalue weighted by Crippen LogP contribution is -2.15. The molecule has 0 aliphatic rings. The van der Waals surface area contributed by atoms with Gasteiger partial charge in [-0.15, -0.1) is 21.5 Å². The summed E-state index contributed by atoms with van der Waals surface area (Å²) in [6.45, 7) is 3.86.